The van der Waals surface area contributed by atoms with Crippen molar-refractivity contribution >= 4 is 23.4 Å². The first-order chi connectivity index (χ1) is 10.7. The first-order valence-corrected chi connectivity index (χ1v) is 12.5. The lowest BCUT2D eigenvalue weighted by Crippen LogP contribution is -2.44. The molecule has 0 heterocycles. The zero-order valence-corrected chi connectivity index (χ0v) is 15.7. The molecule has 124 valence electrons. The van der Waals surface area contributed by atoms with E-state index in [4.69, 9.17) is 0 Å². The third-order valence-corrected chi connectivity index (χ3v) is 8.81. The lowest BCUT2D eigenvalue weighted by atomic mass is 10.2. The van der Waals surface area contributed by atoms with Gasteiger partial charge in [0, 0.05) is 0 Å². The van der Waals surface area contributed by atoms with E-state index in [-0.39, 0.29) is 4.90 Å². The summed E-state index contributed by atoms with van der Waals surface area (Å²) >= 11 is 0. The summed E-state index contributed by atoms with van der Waals surface area (Å²) in [6.07, 6.45) is 1.77. The standard InChI is InChI=1S/C18H24O3SSi/c1-4-15-10-11-17(22(19,20)21)18(14-15)23(2,3)13-12-16-8-6-5-7-9-16/h5-11,14H,4,12-13H2,1-3H3,(H,19,20,21). The molecule has 0 atom stereocenters. The van der Waals surface area contributed by atoms with E-state index in [1.54, 1.807) is 12.1 Å². The van der Waals surface area contributed by atoms with Crippen LogP contribution in [0, 0.1) is 0 Å². The van der Waals surface area contributed by atoms with Crippen molar-refractivity contribution in [2.45, 2.75) is 43.8 Å². The van der Waals surface area contributed by atoms with Gasteiger partial charge in [-0.1, -0.05) is 62.5 Å². The number of aryl methyl sites for hydroxylation is 2. The molecule has 0 amide bonds. The molecule has 0 aliphatic carbocycles. The summed E-state index contributed by atoms with van der Waals surface area (Å²) in [4.78, 5) is 0.0828. The summed E-state index contributed by atoms with van der Waals surface area (Å²) in [5, 5.41) is 0.829. The van der Waals surface area contributed by atoms with Crippen molar-refractivity contribution in [3.8, 4) is 0 Å². The van der Waals surface area contributed by atoms with Gasteiger partial charge >= 0.3 is 0 Å². The highest BCUT2D eigenvalue weighted by Gasteiger charge is 2.30. The van der Waals surface area contributed by atoms with E-state index in [2.05, 4.69) is 25.2 Å². The third-order valence-electron chi connectivity index (χ3n) is 4.34. The summed E-state index contributed by atoms with van der Waals surface area (Å²) in [5.41, 5.74) is 2.36. The molecule has 2 aromatic carbocycles. The molecule has 2 aromatic rings. The first kappa shape index (κ1) is 17.9. The van der Waals surface area contributed by atoms with Crippen molar-refractivity contribution in [2.24, 2.45) is 0 Å². The minimum absolute atomic E-state index is 0.0828. The van der Waals surface area contributed by atoms with Gasteiger partial charge in [-0.15, -0.1) is 0 Å². The molecule has 23 heavy (non-hydrogen) atoms. The smallest absolute Gasteiger partial charge is 0.282 e. The van der Waals surface area contributed by atoms with Crippen molar-refractivity contribution < 1.29 is 13.0 Å². The van der Waals surface area contributed by atoms with Crippen molar-refractivity contribution in [1.29, 1.82) is 0 Å². The highest BCUT2D eigenvalue weighted by Crippen LogP contribution is 2.20. The molecule has 0 aliphatic rings. The van der Waals surface area contributed by atoms with E-state index in [0.717, 1.165) is 29.6 Å². The zero-order valence-electron chi connectivity index (χ0n) is 13.9. The van der Waals surface area contributed by atoms with E-state index in [1.807, 2.05) is 31.2 Å². The second-order valence-corrected chi connectivity index (χ2v) is 12.7. The minimum atomic E-state index is -4.19. The zero-order chi connectivity index (χ0) is 17.1. The number of rotatable bonds is 6. The van der Waals surface area contributed by atoms with E-state index in [1.165, 1.54) is 5.56 Å². The van der Waals surface area contributed by atoms with Crippen LogP contribution in [-0.4, -0.2) is 21.0 Å². The Morgan fingerprint density at radius 1 is 1.00 bits per heavy atom. The number of hydrogen-bond donors (Lipinski definition) is 1. The predicted molar refractivity (Wildman–Crippen MR) is 97.7 cm³/mol. The molecule has 0 saturated carbocycles. The van der Waals surface area contributed by atoms with Gasteiger partial charge in [-0.05, 0) is 41.3 Å². The Hall–Kier alpha value is -1.43. The first-order valence-electron chi connectivity index (χ1n) is 7.89. The van der Waals surface area contributed by atoms with E-state index >= 15 is 0 Å². The van der Waals surface area contributed by atoms with Crippen molar-refractivity contribution in [3.05, 3.63) is 59.7 Å². The summed E-state index contributed by atoms with van der Waals surface area (Å²) < 4.78 is 33.1. The maximum atomic E-state index is 11.8. The van der Waals surface area contributed by atoms with Gasteiger partial charge in [0.15, 0.2) is 0 Å². The van der Waals surface area contributed by atoms with Crippen molar-refractivity contribution in [3.63, 3.8) is 0 Å². The van der Waals surface area contributed by atoms with Crippen LogP contribution < -0.4 is 5.19 Å². The third kappa shape index (κ3) is 4.53. The SMILES string of the molecule is CCc1ccc(S(=O)(=O)O)c([Si](C)(C)CCc2ccccc2)c1. The normalized spacial score (nSPS) is 12.3. The molecule has 2 rings (SSSR count). The van der Waals surface area contributed by atoms with Crippen LogP contribution in [0.3, 0.4) is 0 Å². The van der Waals surface area contributed by atoms with Gasteiger partial charge in [-0.2, -0.15) is 8.42 Å². The highest BCUT2D eigenvalue weighted by molar-refractivity contribution is 7.86. The van der Waals surface area contributed by atoms with Crippen LogP contribution in [0.15, 0.2) is 53.4 Å². The largest absolute Gasteiger partial charge is 0.294 e. The molecule has 0 aromatic heterocycles. The van der Waals surface area contributed by atoms with Gasteiger partial charge in [0.25, 0.3) is 10.1 Å². The van der Waals surface area contributed by atoms with Gasteiger partial charge in [0.2, 0.25) is 0 Å². The Labute approximate surface area is 140 Å². The monoisotopic (exact) mass is 348 g/mol. The molecule has 1 N–H and O–H groups in total. The molecule has 0 bridgehead atoms. The second-order valence-electron chi connectivity index (χ2n) is 6.53. The summed E-state index contributed by atoms with van der Waals surface area (Å²) in [6.45, 7) is 6.38. The highest BCUT2D eigenvalue weighted by atomic mass is 32.2. The Kier molecular flexibility index (Phi) is 5.44. The van der Waals surface area contributed by atoms with E-state index in [9.17, 15) is 13.0 Å². The topological polar surface area (TPSA) is 54.4 Å². The summed E-state index contributed by atoms with van der Waals surface area (Å²) in [5.74, 6) is 0. The van der Waals surface area contributed by atoms with Gasteiger partial charge < -0.3 is 0 Å². The van der Waals surface area contributed by atoms with Gasteiger partial charge in [-0.25, -0.2) is 0 Å². The van der Waals surface area contributed by atoms with E-state index in [0.29, 0.717) is 0 Å². The van der Waals surface area contributed by atoms with Crippen molar-refractivity contribution in [2.75, 3.05) is 0 Å². The molecule has 0 unspecified atom stereocenters. The average Bonchev–Trinajstić information content (AvgIpc) is 2.52. The maximum Gasteiger partial charge on any atom is 0.294 e. The Balaban J connectivity index is 2.37. The van der Waals surface area contributed by atoms with Crippen LogP contribution in [0.2, 0.25) is 19.1 Å². The van der Waals surface area contributed by atoms with Crippen LogP contribution in [-0.2, 0) is 23.0 Å². The fraction of sp³-hybridized carbons (Fsp3) is 0.333. The molecule has 0 fully saturated rings. The summed E-state index contributed by atoms with van der Waals surface area (Å²) in [6, 6.07) is 16.5. The van der Waals surface area contributed by atoms with Crippen LogP contribution in [0.1, 0.15) is 18.1 Å². The molecule has 5 heteroatoms. The molecule has 0 aliphatic heterocycles. The van der Waals surface area contributed by atoms with Crippen LogP contribution in [0.4, 0.5) is 0 Å². The Morgan fingerprint density at radius 3 is 2.22 bits per heavy atom. The lowest BCUT2D eigenvalue weighted by molar-refractivity contribution is 0.484. The molecular formula is C18H24O3SSi. The second kappa shape index (κ2) is 6.99. The van der Waals surface area contributed by atoms with Gasteiger partial charge in [0.05, 0.1) is 13.0 Å². The maximum absolute atomic E-state index is 11.8. The fourth-order valence-corrected chi connectivity index (χ4v) is 7.09. The van der Waals surface area contributed by atoms with Crippen LogP contribution in [0.5, 0.6) is 0 Å². The molecule has 0 saturated heterocycles. The fourth-order valence-electron chi connectivity index (χ4n) is 2.79. The number of hydrogen-bond acceptors (Lipinski definition) is 2. The molecule has 0 spiro atoms. The lowest BCUT2D eigenvalue weighted by Gasteiger charge is -2.25. The van der Waals surface area contributed by atoms with Crippen LogP contribution in [0.25, 0.3) is 0 Å². The number of benzene rings is 2. The van der Waals surface area contributed by atoms with Gasteiger partial charge in [0.1, 0.15) is 0 Å². The van der Waals surface area contributed by atoms with Crippen LogP contribution >= 0.6 is 0 Å². The summed E-state index contributed by atoms with van der Waals surface area (Å²) in [7, 11) is -6.19. The average molecular weight is 349 g/mol. The molecular weight excluding hydrogens is 324 g/mol. The quantitative estimate of drug-likeness (QED) is 0.640. The minimum Gasteiger partial charge on any atom is -0.282 e. The van der Waals surface area contributed by atoms with E-state index < -0.39 is 18.2 Å². The van der Waals surface area contributed by atoms with Gasteiger partial charge in [-0.3, -0.25) is 4.55 Å². The molecule has 0 radical (unpaired) electrons. The Morgan fingerprint density at radius 2 is 1.65 bits per heavy atom. The predicted octanol–water partition coefficient (Wildman–Crippen LogP) is 3.65. The van der Waals surface area contributed by atoms with Crippen molar-refractivity contribution in [1.82, 2.24) is 0 Å². The molecule has 3 nitrogen and oxygen atoms in total. The Bertz CT molecular complexity index is 768.